The van der Waals surface area contributed by atoms with Crippen LogP contribution in [0.25, 0.3) is 0 Å². The minimum atomic E-state index is -1.16. The maximum atomic E-state index is 13.0. The molecule has 2 rings (SSSR count). The van der Waals surface area contributed by atoms with Crippen LogP contribution >= 0.6 is 0 Å². The predicted octanol–water partition coefficient (Wildman–Crippen LogP) is 0.486. The smallest absolute Gasteiger partial charge is 0.325 e. The zero-order valence-electron chi connectivity index (χ0n) is 15.0. The highest BCUT2D eigenvalue weighted by molar-refractivity contribution is 6.09. The van der Waals surface area contributed by atoms with E-state index in [1.54, 1.807) is 31.2 Å². The summed E-state index contributed by atoms with van der Waals surface area (Å²) < 4.78 is 0. The van der Waals surface area contributed by atoms with E-state index in [2.05, 4.69) is 16.0 Å². The number of benzene rings is 1. The Bertz CT molecular complexity index is 692. The second kappa shape index (κ2) is 8.46. The van der Waals surface area contributed by atoms with E-state index in [4.69, 9.17) is 0 Å². The summed E-state index contributed by atoms with van der Waals surface area (Å²) in [5.74, 6) is -1.36. The van der Waals surface area contributed by atoms with Gasteiger partial charge in [0, 0.05) is 6.54 Å². The molecule has 1 saturated heterocycles. The third-order valence-electron chi connectivity index (χ3n) is 4.19. The largest absolute Gasteiger partial charge is 0.355 e. The number of hydrogen-bond acceptors (Lipinski definition) is 4. The zero-order valence-corrected chi connectivity index (χ0v) is 15.0. The molecule has 26 heavy (non-hydrogen) atoms. The minimum Gasteiger partial charge on any atom is -0.355 e. The van der Waals surface area contributed by atoms with Crippen LogP contribution in [0.15, 0.2) is 30.3 Å². The first-order valence-electron chi connectivity index (χ1n) is 8.67. The van der Waals surface area contributed by atoms with Crippen LogP contribution in [-0.2, 0) is 19.9 Å². The van der Waals surface area contributed by atoms with E-state index in [1.165, 1.54) is 0 Å². The number of carbonyl (C=O) groups excluding carboxylic acids is 4. The lowest BCUT2D eigenvalue weighted by Crippen LogP contribution is -2.46. The Labute approximate surface area is 152 Å². The topological polar surface area (TPSA) is 108 Å². The predicted molar refractivity (Wildman–Crippen MR) is 95.0 cm³/mol. The number of carbonyl (C=O) groups is 4. The van der Waals surface area contributed by atoms with Gasteiger partial charge in [0.15, 0.2) is 0 Å². The number of likely N-dealkylation sites (N-methyl/N-ethyl adjacent to an activating group) is 1. The lowest BCUT2D eigenvalue weighted by Gasteiger charge is -2.26. The van der Waals surface area contributed by atoms with Gasteiger partial charge >= 0.3 is 6.03 Å². The Kier molecular flexibility index (Phi) is 6.32. The summed E-state index contributed by atoms with van der Waals surface area (Å²) in [4.78, 5) is 49.7. The lowest BCUT2D eigenvalue weighted by molar-refractivity contribution is -0.135. The lowest BCUT2D eigenvalue weighted by atomic mass is 9.85. The molecule has 8 nitrogen and oxygen atoms in total. The van der Waals surface area contributed by atoms with Gasteiger partial charge in [-0.3, -0.25) is 19.3 Å². The molecule has 140 valence electrons. The Morgan fingerprint density at radius 1 is 1.08 bits per heavy atom. The van der Waals surface area contributed by atoms with E-state index in [1.807, 2.05) is 13.0 Å². The summed E-state index contributed by atoms with van der Waals surface area (Å²) >= 11 is 0. The molecule has 0 radical (unpaired) electrons. The summed E-state index contributed by atoms with van der Waals surface area (Å²) in [7, 11) is 0. The first-order chi connectivity index (χ1) is 12.4. The molecule has 0 saturated carbocycles. The summed E-state index contributed by atoms with van der Waals surface area (Å²) in [6.07, 6.45) is 1.11. The van der Waals surface area contributed by atoms with Crippen molar-refractivity contribution < 1.29 is 19.2 Å². The zero-order chi connectivity index (χ0) is 19.2. The quantitative estimate of drug-likeness (QED) is 0.586. The molecule has 1 fully saturated rings. The average Bonchev–Trinajstić information content (AvgIpc) is 2.86. The highest BCUT2D eigenvalue weighted by atomic mass is 16.2. The molecule has 1 aromatic carbocycles. The van der Waals surface area contributed by atoms with Crippen LogP contribution in [0, 0.1) is 0 Å². The molecule has 0 aliphatic carbocycles. The summed E-state index contributed by atoms with van der Waals surface area (Å²) in [6.45, 7) is 3.52. The van der Waals surface area contributed by atoms with Crippen molar-refractivity contribution in [3.63, 3.8) is 0 Å². The van der Waals surface area contributed by atoms with Crippen LogP contribution in [0.2, 0.25) is 0 Å². The van der Waals surface area contributed by atoms with Crippen LogP contribution in [0.3, 0.4) is 0 Å². The second-order valence-corrected chi connectivity index (χ2v) is 6.07. The number of urea groups is 1. The van der Waals surface area contributed by atoms with Gasteiger partial charge in [0.25, 0.3) is 5.91 Å². The number of amides is 5. The van der Waals surface area contributed by atoms with Gasteiger partial charge in [-0.1, -0.05) is 43.7 Å². The fourth-order valence-electron chi connectivity index (χ4n) is 3.01. The molecule has 0 aromatic heterocycles. The molecule has 1 aromatic rings. The first-order valence-corrected chi connectivity index (χ1v) is 8.67. The van der Waals surface area contributed by atoms with Crippen molar-refractivity contribution in [3.8, 4) is 0 Å². The minimum absolute atomic E-state index is 0.199. The summed E-state index contributed by atoms with van der Waals surface area (Å²) in [6, 6.07) is 8.39. The number of rotatable bonds is 8. The number of nitrogens with one attached hydrogen (secondary N) is 3. The van der Waals surface area contributed by atoms with E-state index in [0.717, 1.165) is 4.90 Å². The van der Waals surface area contributed by atoms with E-state index in [0.29, 0.717) is 24.9 Å². The summed E-state index contributed by atoms with van der Waals surface area (Å²) in [5, 5.41) is 7.71. The van der Waals surface area contributed by atoms with Gasteiger partial charge in [-0.15, -0.1) is 0 Å². The first kappa shape index (κ1) is 19.4. The van der Waals surface area contributed by atoms with Gasteiger partial charge in [-0.05, 0) is 18.9 Å². The van der Waals surface area contributed by atoms with Crippen molar-refractivity contribution >= 4 is 23.8 Å². The highest BCUT2D eigenvalue weighted by Gasteiger charge is 2.52. The van der Waals surface area contributed by atoms with Gasteiger partial charge in [0.1, 0.15) is 12.1 Å². The van der Waals surface area contributed by atoms with Gasteiger partial charge in [0.05, 0.1) is 6.54 Å². The highest BCUT2D eigenvalue weighted by Crippen LogP contribution is 2.33. The molecule has 5 amide bonds. The molecule has 8 heteroatoms. The van der Waals surface area contributed by atoms with E-state index >= 15 is 0 Å². The maximum absolute atomic E-state index is 13.0. The molecular formula is C18H24N4O4. The van der Waals surface area contributed by atoms with Crippen LogP contribution in [0.1, 0.15) is 32.3 Å². The SMILES string of the molecule is CCC[C@]1(c2ccccc2)NC(=O)N(CC(=O)NCC(=O)NCC)C1=O. The molecule has 1 aliphatic rings. The van der Waals surface area contributed by atoms with Crippen molar-refractivity contribution in [1.82, 2.24) is 20.9 Å². The second-order valence-electron chi connectivity index (χ2n) is 6.07. The maximum Gasteiger partial charge on any atom is 0.325 e. The average molecular weight is 360 g/mol. The Balaban J connectivity index is 2.11. The van der Waals surface area contributed by atoms with E-state index in [-0.39, 0.29) is 12.5 Å². The standard InChI is InChI=1S/C18H24N4O4/c1-3-10-18(13-8-6-5-7-9-13)16(25)22(17(26)21-18)12-15(24)20-11-14(23)19-4-2/h5-9H,3-4,10-12H2,1-2H3,(H,19,23)(H,20,24)(H,21,26)/t18-/m1/s1. The van der Waals surface area contributed by atoms with Crippen molar-refractivity contribution in [2.45, 2.75) is 32.2 Å². The van der Waals surface area contributed by atoms with Crippen molar-refractivity contribution in [2.75, 3.05) is 19.6 Å². The Hall–Kier alpha value is -2.90. The van der Waals surface area contributed by atoms with Gasteiger partial charge in [-0.25, -0.2) is 4.79 Å². The molecule has 3 N–H and O–H groups in total. The van der Waals surface area contributed by atoms with Crippen molar-refractivity contribution in [1.29, 1.82) is 0 Å². The molecule has 0 unspecified atom stereocenters. The molecule has 1 aliphatic heterocycles. The third kappa shape index (κ3) is 4.01. The van der Waals surface area contributed by atoms with Crippen molar-refractivity contribution in [2.24, 2.45) is 0 Å². The fraction of sp³-hybridized carbons (Fsp3) is 0.444. The molecule has 0 spiro atoms. The molecule has 0 bridgehead atoms. The van der Waals surface area contributed by atoms with E-state index in [9.17, 15) is 19.2 Å². The van der Waals surface area contributed by atoms with E-state index < -0.39 is 29.9 Å². The number of hydrogen-bond donors (Lipinski definition) is 3. The molecule has 1 heterocycles. The number of imide groups is 1. The van der Waals surface area contributed by atoms with Crippen LogP contribution in [0.5, 0.6) is 0 Å². The monoisotopic (exact) mass is 360 g/mol. The normalized spacial score (nSPS) is 19.2. The molecular weight excluding hydrogens is 336 g/mol. The van der Waals surface area contributed by atoms with Gasteiger partial charge in [0.2, 0.25) is 11.8 Å². The molecule has 1 atom stereocenters. The van der Waals surface area contributed by atoms with Gasteiger partial charge < -0.3 is 16.0 Å². The van der Waals surface area contributed by atoms with Crippen LogP contribution < -0.4 is 16.0 Å². The van der Waals surface area contributed by atoms with Crippen molar-refractivity contribution in [3.05, 3.63) is 35.9 Å². The Morgan fingerprint density at radius 3 is 2.38 bits per heavy atom. The summed E-state index contributed by atoms with van der Waals surface area (Å²) in [5.41, 5.74) is -0.474. The fourth-order valence-corrected chi connectivity index (χ4v) is 3.01. The number of nitrogens with zero attached hydrogens (tertiary/aromatic N) is 1. The van der Waals surface area contributed by atoms with Gasteiger partial charge in [-0.2, -0.15) is 0 Å². The third-order valence-corrected chi connectivity index (χ3v) is 4.19. The van der Waals surface area contributed by atoms with Crippen LogP contribution in [-0.4, -0.2) is 48.3 Å². The Morgan fingerprint density at radius 2 is 1.77 bits per heavy atom. The van der Waals surface area contributed by atoms with Crippen LogP contribution in [0.4, 0.5) is 4.79 Å².